The Labute approximate surface area is 123 Å². The zero-order valence-corrected chi connectivity index (χ0v) is 14.5. The average Bonchev–Trinajstić information content (AvgIpc) is 2.45. The Morgan fingerprint density at radius 1 is 0.526 bits per heavy atom. The molecule has 0 aliphatic rings. The van der Waals surface area contributed by atoms with E-state index in [-0.39, 0.29) is 0 Å². The highest BCUT2D eigenvalue weighted by Crippen LogP contribution is 2.24. The van der Waals surface area contributed by atoms with Crippen LogP contribution in [0.4, 0.5) is 0 Å². The number of hydrogen-bond acceptors (Lipinski definition) is 0. The minimum absolute atomic E-state index is 0.937. The molecule has 0 fully saturated rings. The van der Waals surface area contributed by atoms with Crippen molar-refractivity contribution in [1.82, 2.24) is 0 Å². The Bertz CT molecular complexity index is 169. The lowest BCUT2D eigenvalue weighted by Crippen LogP contribution is -2.02. The quantitative estimate of drug-likeness (QED) is 0.309. The SMILES string of the molecule is CCC(C)CCCC(CC)CCCCC(CC)CC. The Hall–Kier alpha value is 0. The third-order valence-electron chi connectivity index (χ3n) is 5.21. The Morgan fingerprint density at radius 2 is 1.00 bits per heavy atom. The summed E-state index contributed by atoms with van der Waals surface area (Å²) in [6.45, 7) is 11.8. The van der Waals surface area contributed by atoms with E-state index in [1.165, 1.54) is 70.6 Å². The molecule has 19 heavy (non-hydrogen) atoms. The monoisotopic (exact) mass is 268 g/mol. The highest BCUT2D eigenvalue weighted by Gasteiger charge is 2.08. The number of rotatable bonds is 13. The Balaban J connectivity index is 3.59. The van der Waals surface area contributed by atoms with E-state index in [2.05, 4.69) is 34.6 Å². The predicted octanol–water partition coefficient (Wildman–Crippen LogP) is 7.23. The molecule has 0 radical (unpaired) electrons. The van der Waals surface area contributed by atoms with Gasteiger partial charge in [-0.1, -0.05) is 105 Å². The molecule has 0 bridgehead atoms. The van der Waals surface area contributed by atoms with Crippen LogP contribution in [0.15, 0.2) is 0 Å². The highest BCUT2D eigenvalue weighted by molar-refractivity contribution is 4.62. The van der Waals surface area contributed by atoms with Crippen molar-refractivity contribution in [2.45, 2.75) is 105 Å². The molecule has 2 atom stereocenters. The van der Waals surface area contributed by atoms with Gasteiger partial charge < -0.3 is 0 Å². The van der Waals surface area contributed by atoms with Gasteiger partial charge in [0.25, 0.3) is 0 Å². The van der Waals surface area contributed by atoms with E-state index in [1.807, 2.05) is 0 Å². The van der Waals surface area contributed by atoms with Gasteiger partial charge in [0.05, 0.1) is 0 Å². The summed E-state index contributed by atoms with van der Waals surface area (Å²) < 4.78 is 0. The molecule has 0 nitrogen and oxygen atoms in total. The zero-order chi connectivity index (χ0) is 14.5. The molecule has 0 N–H and O–H groups in total. The van der Waals surface area contributed by atoms with Crippen molar-refractivity contribution in [2.24, 2.45) is 17.8 Å². The standard InChI is InChI=1S/C19H40/c1-6-17(5)13-12-16-19(9-4)15-11-10-14-18(7-2)8-3/h17-19H,6-16H2,1-5H3. The van der Waals surface area contributed by atoms with E-state index < -0.39 is 0 Å². The average molecular weight is 269 g/mol. The van der Waals surface area contributed by atoms with Gasteiger partial charge in [-0.05, 0) is 17.8 Å². The van der Waals surface area contributed by atoms with E-state index in [0.717, 1.165) is 17.8 Å². The fraction of sp³-hybridized carbons (Fsp3) is 1.00. The number of unbranched alkanes of at least 4 members (excludes halogenated alkanes) is 1. The maximum atomic E-state index is 2.40. The summed E-state index contributed by atoms with van der Waals surface area (Å²) in [5.41, 5.74) is 0. The second kappa shape index (κ2) is 13.0. The summed E-state index contributed by atoms with van der Waals surface area (Å²) in [6, 6.07) is 0. The molecule has 0 saturated heterocycles. The van der Waals surface area contributed by atoms with Crippen molar-refractivity contribution in [1.29, 1.82) is 0 Å². The van der Waals surface area contributed by atoms with Crippen LogP contribution in [-0.4, -0.2) is 0 Å². The van der Waals surface area contributed by atoms with Gasteiger partial charge >= 0.3 is 0 Å². The minimum atomic E-state index is 0.937. The van der Waals surface area contributed by atoms with E-state index in [1.54, 1.807) is 0 Å². The molecular formula is C19H40. The highest BCUT2D eigenvalue weighted by atomic mass is 14.1. The van der Waals surface area contributed by atoms with Crippen LogP contribution >= 0.6 is 0 Å². The Morgan fingerprint density at radius 3 is 1.47 bits per heavy atom. The smallest absolute Gasteiger partial charge is 0.0417 e. The molecular weight excluding hydrogens is 228 g/mol. The summed E-state index contributed by atoms with van der Waals surface area (Å²) in [5.74, 6) is 2.93. The van der Waals surface area contributed by atoms with Gasteiger partial charge in [-0.15, -0.1) is 0 Å². The topological polar surface area (TPSA) is 0 Å². The first-order chi connectivity index (χ1) is 9.17. The van der Waals surface area contributed by atoms with Crippen LogP contribution in [0.3, 0.4) is 0 Å². The summed E-state index contributed by atoms with van der Waals surface area (Å²) >= 11 is 0. The van der Waals surface area contributed by atoms with E-state index in [0.29, 0.717) is 0 Å². The second-order valence-electron chi connectivity index (χ2n) is 6.69. The van der Waals surface area contributed by atoms with Gasteiger partial charge in [0.2, 0.25) is 0 Å². The molecule has 0 heterocycles. The second-order valence-corrected chi connectivity index (χ2v) is 6.69. The van der Waals surface area contributed by atoms with Crippen molar-refractivity contribution in [3.8, 4) is 0 Å². The lowest BCUT2D eigenvalue weighted by molar-refractivity contribution is 0.362. The van der Waals surface area contributed by atoms with Crippen molar-refractivity contribution in [2.75, 3.05) is 0 Å². The molecule has 0 saturated carbocycles. The molecule has 0 aliphatic carbocycles. The summed E-state index contributed by atoms with van der Waals surface area (Å²) in [7, 11) is 0. The van der Waals surface area contributed by atoms with E-state index >= 15 is 0 Å². The lowest BCUT2D eigenvalue weighted by Gasteiger charge is -2.17. The van der Waals surface area contributed by atoms with Crippen molar-refractivity contribution in [3.63, 3.8) is 0 Å². The summed E-state index contributed by atoms with van der Waals surface area (Å²) in [4.78, 5) is 0. The van der Waals surface area contributed by atoms with Gasteiger partial charge in [-0.3, -0.25) is 0 Å². The molecule has 0 amide bonds. The van der Waals surface area contributed by atoms with Crippen LogP contribution in [-0.2, 0) is 0 Å². The molecule has 0 aromatic heterocycles. The molecule has 2 unspecified atom stereocenters. The molecule has 0 aromatic rings. The third-order valence-corrected chi connectivity index (χ3v) is 5.21. The first-order valence-corrected chi connectivity index (χ1v) is 9.17. The van der Waals surface area contributed by atoms with Crippen LogP contribution in [0, 0.1) is 17.8 Å². The normalized spacial score (nSPS) is 14.8. The third kappa shape index (κ3) is 10.4. The molecule has 0 rings (SSSR count). The van der Waals surface area contributed by atoms with Crippen molar-refractivity contribution < 1.29 is 0 Å². The zero-order valence-electron chi connectivity index (χ0n) is 14.5. The first-order valence-electron chi connectivity index (χ1n) is 9.17. The maximum absolute atomic E-state index is 2.40. The molecule has 0 spiro atoms. The van der Waals surface area contributed by atoms with Crippen LogP contribution in [0.5, 0.6) is 0 Å². The van der Waals surface area contributed by atoms with Crippen molar-refractivity contribution >= 4 is 0 Å². The summed E-state index contributed by atoms with van der Waals surface area (Å²) in [6.07, 6.45) is 15.8. The molecule has 0 aromatic carbocycles. The van der Waals surface area contributed by atoms with Gasteiger partial charge in [0, 0.05) is 0 Å². The van der Waals surface area contributed by atoms with E-state index in [9.17, 15) is 0 Å². The van der Waals surface area contributed by atoms with Gasteiger partial charge in [0.15, 0.2) is 0 Å². The lowest BCUT2D eigenvalue weighted by atomic mass is 9.89. The van der Waals surface area contributed by atoms with E-state index in [4.69, 9.17) is 0 Å². The van der Waals surface area contributed by atoms with Crippen LogP contribution in [0.2, 0.25) is 0 Å². The largest absolute Gasteiger partial charge is 0.0651 e. The van der Waals surface area contributed by atoms with Crippen LogP contribution in [0.25, 0.3) is 0 Å². The van der Waals surface area contributed by atoms with Crippen LogP contribution in [0.1, 0.15) is 105 Å². The molecule has 0 aliphatic heterocycles. The minimum Gasteiger partial charge on any atom is -0.0651 e. The molecule has 0 heteroatoms. The Kier molecular flexibility index (Phi) is 13.0. The summed E-state index contributed by atoms with van der Waals surface area (Å²) in [5, 5.41) is 0. The predicted molar refractivity (Wildman–Crippen MR) is 89.6 cm³/mol. The molecule has 116 valence electrons. The maximum Gasteiger partial charge on any atom is -0.0417 e. The fourth-order valence-corrected chi connectivity index (χ4v) is 3.07. The van der Waals surface area contributed by atoms with Gasteiger partial charge in [-0.25, -0.2) is 0 Å². The first kappa shape index (κ1) is 19.0. The van der Waals surface area contributed by atoms with Gasteiger partial charge in [0.1, 0.15) is 0 Å². The van der Waals surface area contributed by atoms with Crippen molar-refractivity contribution in [3.05, 3.63) is 0 Å². The fourth-order valence-electron chi connectivity index (χ4n) is 3.07. The number of hydrogen-bond donors (Lipinski definition) is 0. The van der Waals surface area contributed by atoms with Gasteiger partial charge in [-0.2, -0.15) is 0 Å². The van der Waals surface area contributed by atoms with Crippen LogP contribution < -0.4 is 0 Å².